The first-order chi connectivity index (χ1) is 12.7. The summed E-state index contributed by atoms with van der Waals surface area (Å²) < 4.78 is 55.2. The Balaban J connectivity index is 1.96. The molecule has 0 saturated carbocycles. The number of amides is 2. The Morgan fingerprint density at radius 2 is 1.78 bits per heavy atom. The maximum Gasteiger partial charge on any atom is 0.237 e. The highest BCUT2D eigenvalue weighted by molar-refractivity contribution is 6.08. The van der Waals surface area contributed by atoms with Gasteiger partial charge in [0, 0.05) is 25.1 Å². The van der Waals surface area contributed by atoms with Gasteiger partial charge in [0.25, 0.3) is 0 Å². The van der Waals surface area contributed by atoms with Crippen LogP contribution in [0.5, 0.6) is 0 Å². The number of anilines is 1. The first-order valence-corrected chi connectivity index (χ1v) is 8.16. The van der Waals surface area contributed by atoms with Crippen LogP contribution < -0.4 is 5.32 Å². The van der Waals surface area contributed by atoms with E-state index < -0.39 is 52.6 Å². The topological polar surface area (TPSA) is 49.4 Å². The third-order valence-corrected chi connectivity index (χ3v) is 4.76. The molecule has 0 bridgehead atoms. The van der Waals surface area contributed by atoms with Gasteiger partial charge in [0.1, 0.15) is 17.6 Å². The molecular formula is C19H16F4N2O2. The molecule has 2 atom stereocenters. The highest BCUT2D eigenvalue weighted by atomic mass is 19.2. The van der Waals surface area contributed by atoms with Gasteiger partial charge in [-0.25, -0.2) is 17.6 Å². The number of nitrogens with one attached hydrogen (secondary N) is 1. The van der Waals surface area contributed by atoms with Crippen LogP contribution in [0, 0.1) is 36.1 Å². The summed E-state index contributed by atoms with van der Waals surface area (Å²) in [6, 6.07) is 5.50. The van der Waals surface area contributed by atoms with Gasteiger partial charge < -0.3 is 10.2 Å². The van der Waals surface area contributed by atoms with Crippen LogP contribution in [-0.2, 0) is 9.59 Å². The maximum atomic E-state index is 14.5. The van der Waals surface area contributed by atoms with Gasteiger partial charge in [-0.3, -0.25) is 9.59 Å². The van der Waals surface area contributed by atoms with Crippen molar-refractivity contribution in [2.75, 3.05) is 18.9 Å². The van der Waals surface area contributed by atoms with Gasteiger partial charge in [-0.15, -0.1) is 0 Å². The maximum absolute atomic E-state index is 14.5. The lowest BCUT2D eigenvalue weighted by Crippen LogP contribution is -2.33. The lowest BCUT2D eigenvalue weighted by atomic mass is 9.86. The molecule has 0 aliphatic carbocycles. The first kappa shape index (κ1) is 18.9. The zero-order valence-electron chi connectivity index (χ0n) is 14.5. The molecule has 2 aromatic carbocycles. The van der Waals surface area contributed by atoms with E-state index in [0.717, 1.165) is 18.2 Å². The van der Waals surface area contributed by atoms with E-state index in [2.05, 4.69) is 5.32 Å². The number of likely N-dealkylation sites (N-methyl/N-ethyl adjacent to an activating group) is 1. The normalized spacial score (nSPS) is 19.5. The fraction of sp³-hybridized carbons (Fsp3) is 0.263. The molecule has 1 aliphatic rings. The van der Waals surface area contributed by atoms with Crippen LogP contribution in [0.4, 0.5) is 23.2 Å². The molecule has 4 nitrogen and oxygen atoms in total. The Hall–Kier alpha value is -2.90. The minimum Gasteiger partial charge on any atom is -0.344 e. The molecule has 27 heavy (non-hydrogen) atoms. The van der Waals surface area contributed by atoms with E-state index in [0.29, 0.717) is 0 Å². The average Bonchev–Trinajstić information content (AvgIpc) is 2.92. The van der Waals surface area contributed by atoms with E-state index in [9.17, 15) is 27.2 Å². The van der Waals surface area contributed by atoms with Gasteiger partial charge in [-0.1, -0.05) is 12.1 Å². The standard InChI is InChI=1S/C19H16F4N2O2/c1-9-12(20)7-6-10(16(9)22)11-8-25(2)19(27)15(11)18(26)24-14-5-3-4-13(21)17(14)23/h3-7,11,15H,8H2,1-2H3,(H,24,26)/t11-,15+/m1/s1. The fourth-order valence-corrected chi connectivity index (χ4v) is 3.25. The first-order valence-electron chi connectivity index (χ1n) is 8.16. The van der Waals surface area contributed by atoms with Crippen molar-refractivity contribution in [1.29, 1.82) is 0 Å². The molecule has 0 unspecified atom stereocenters. The summed E-state index contributed by atoms with van der Waals surface area (Å²) in [5.74, 6) is -7.70. The molecule has 1 saturated heterocycles. The van der Waals surface area contributed by atoms with Crippen LogP contribution in [0.15, 0.2) is 30.3 Å². The van der Waals surface area contributed by atoms with Gasteiger partial charge in [-0.2, -0.15) is 0 Å². The molecule has 0 radical (unpaired) electrons. The zero-order chi connectivity index (χ0) is 19.9. The van der Waals surface area contributed by atoms with Crippen molar-refractivity contribution in [3.05, 3.63) is 64.7 Å². The van der Waals surface area contributed by atoms with Crippen LogP contribution in [0.1, 0.15) is 17.0 Å². The van der Waals surface area contributed by atoms with Gasteiger partial charge >= 0.3 is 0 Å². The van der Waals surface area contributed by atoms with Gasteiger partial charge in [0.15, 0.2) is 11.6 Å². The molecule has 1 heterocycles. The predicted molar refractivity (Wildman–Crippen MR) is 90.0 cm³/mol. The highest BCUT2D eigenvalue weighted by Gasteiger charge is 2.45. The molecule has 2 amide bonds. The Labute approximate surface area is 152 Å². The monoisotopic (exact) mass is 380 g/mol. The molecule has 1 N–H and O–H groups in total. The number of hydrogen-bond acceptors (Lipinski definition) is 2. The predicted octanol–water partition coefficient (Wildman–Crippen LogP) is 3.36. The molecule has 1 fully saturated rings. The molecular weight excluding hydrogens is 364 g/mol. The Kier molecular flexibility index (Phi) is 4.91. The number of carbonyl (C=O) groups is 2. The fourth-order valence-electron chi connectivity index (χ4n) is 3.25. The summed E-state index contributed by atoms with van der Waals surface area (Å²) >= 11 is 0. The number of halogens is 4. The Bertz CT molecular complexity index is 932. The summed E-state index contributed by atoms with van der Waals surface area (Å²) in [6.07, 6.45) is 0. The second kappa shape index (κ2) is 7.02. The van der Waals surface area contributed by atoms with E-state index in [1.807, 2.05) is 0 Å². The smallest absolute Gasteiger partial charge is 0.237 e. The number of benzene rings is 2. The van der Waals surface area contributed by atoms with Crippen molar-refractivity contribution in [2.24, 2.45) is 5.92 Å². The summed E-state index contributed by atoms with van der Waals surface area (Å²) in [6.45, 7) is 1.29. The van der Waals surface area contributed by atoms with Crippen molar-refractivity contribution in [1.82, 2.24) is 4.90 Å². The quantitative estimate of drug-likeness (QED) is 0.656. The van der Waals surface area contributed by atoms with Crippen molar-refractivity contribution >= 4 is 17.5 Å². The molecule has 142 valence electrons. The van der Waals surface area contributed by atoms with Gasteiger partial charge in [-0.05, 0) is 30.7 Å². The Morgan fingerprint density at radius 3 is 2.48 bits per heavy atom. The molecule has 8 heteroatoms. The lowest BCUT2D eigenvalue weighted by Gasteiger charge is -2.18. The second-order valence-corrected chi connectivity index (χ2v) is 6.47. The average molecular weight is 380 g/mol. The van der Waals surface area contributed by atoms with Crippen LogP contribution in [0.3, 0.4) is 0 Å². The van der Waals surface area contributed by atoms with E-state index in [4.69, 9.17) is 0 Å². The SMILES string of the molecule is Cc1c(F)ccc([C@H]2CN(C)C(=O)[C@@H]2C(=O)Nc2cccc(F)c2F)c1F. The summed E-state index contributed by atoms with van der Waals surface area (Å²) in [5, 5.41) is 2.19. The Morgan fingerprint density at radius 1 is 1.07 bits per heavy atom. The number of rotatable bonds is 3. The van der Waals surface area contributed by atoms with Crippen molar-refractivity contribution in [3.8, 4) is 0 Å². The van der Waals surface area contributed by atoms with Crippen LogP contribution in [-0.4, -0.2) is 30.3 Å². The minimum atomic E-state index is -1.35. The summed E-state index contributed by atoms with van der Waals surface area (Å²) in [7, 11) is 1.44. The third kappa shape index (κ3) is 3.27. The lowest BCUT2D eigenvalue weighted by molar-refractivity contribution is -0.135. The van der Waals surface area contributed by atoms with Gasteiger partial charge in [0.05, 0.1) is 5.69 Å². The number of likely N-dealkylation sites (tertiary alicyclic amines) is 1. The van der Waals surface area contributed by atoms with Crippen molar-refractivity contribution in [3.63, 3.8) is 0 Å². The number of nitrogens with zero attached hydrogens (tertiary/aromatic N) is 1. The van der Waals surface area contributed by atoms with Gasteiger partial charge in [0.2, 0.25) is 11.8 Å². The second-order valence-electron chi connectivity index (χ2n) is 6.47. The van der Waals surface area contributed by atoms with E-state index in [1.165, 1.54) is 31.0 Å². The summed E-state index contributed by atoms with van der Waals surface area (Å²) in [4.78, 5) is 26.3. The number of hydrogen-bond donors (Lipinski definition) is 1. The van der Waals surface area contributed by atoms with E-state index in [-0.39, 0.29) is 17.7 Å². The van der Waals surface area contributed by atoms with E-state index >= 15 is 0 Å². The van der Waals surface area contributed by atoms with Crippen LogP contribution in [0.25, 0.3) is 0 Å². The third-order valence-electron chi connectivity index (χ3n) is 4.76. The van der Waals surface area contributed by atoms with Crippen molar-refractivity contribution in [2.45, 2.75) is 12.8 Å². The van der Waals surface area contributed by atoms with Crippen molar-refractivity contribution < 1.29 is 27.2 Å². The molecule has 2 aromatic rings. The molecule has 1 aliphatic heterocycles. The van der Waals surface area contributed by atoms with Crippen LogP contribution in [0.2, 0.25) is 0 Å². The van der Waals surface area contributed by atoms with Crippen LogP contribution >= 0.6 is 0 Å². The zero-order valence-corrected chi connectivity index (χ0v) is 14.5. The van der Waals surface area contributed by atoms with E-state index in [1.54, 1.807) is 0 Å². The summed E-state index contributed by atoms with van der Waals surface area (Å²) in [5.41, 5.74) is -0.617. The number of carbonyl (C=O) groups excluding carboxylic acids is 2. The highest BCUT2D eigenvalue weighted by Crippen LogP contribution is 2.36. The minimum absolute atomic E-state index is 0.0199. The molecule has 0 spiro atoms. The largest absolute Gasteiger partial charge is 0.344 e. The molecule has 0 aromatic heterocycles. The molecule has 3 rings (SSSR count).